The van der Waals surface area contributed by atoms with Gasteiger partial charge in [0.15, 0.2) is 0 Å². The molecule has 6 heteroatoms. The summed E-state index contributed by atoms with van der Waals surface area (Å²) in [5.41, 5.74) is 3.54. The van der Waals surface area contributed by atoms with Crippen molar-refractivity contribution < 1.29 is 9.53 Å². The molecular weight excluding hydrogens is 232 g/mol. The Labute approximate surface area is 106 Å². The number of aromatic nitrogens is 1. The summed E-state index contributed by atoms with van der Waals surface area (Å²) in [4.78, 5) is 15.9. The zero-order chi connectivity index (χ0) is 12.8. The molecule has 0 radical (unpaired) electrons. The number of pyridine rings is 1. The number of nitrogen functional groups attached to an aromatic ring is 1. The first kappa shape index (κ1) is 12.8. The Balaban J connectivity index is 1.90. The number of nitrogens with two attached hydrogens (primary N) is 1. The van der Waals surface area contributed by atoms with Crippen LogP contribution in [0.1, 0.15) is 23.2 Å². The number of rotatable bonds is 4. The van der Waals surface area contributed by atoms with E-state index < -0.39 is 0 Å². The van der Waals surface area contributed by atoms with Gasteiger partial charge in [-0.1, -0.05) is 0 Å². The van der Waals surface area contributed by atoms with E-state index >= 15 is 0 Å². The van der Waals surface area contributed by atoms with Crippen molar-refractivity contribution in [1.82, 2.24) is 10.3 Å². The van der Waals surface area contributed by atoms with Crippen molar-refractivity contribution in [3.05, 3.63) is 24.0 Å². The number of ether oxygens (including phenoxy) is 1. The number of carbonyl (C=O) groups excluding carboxylic acids is 1. The SMILES string of the molecule is NNc1ccncc1C(=O)NCC1CCOCC1. The van der Waals surface area contributed by atoms with Gasteiger partial charge in [-0.05, 0) is 24.8 Å². The van der Waals surface area contributed by atoms with Gasteiger partial charge >= 0.3 is 0 Å². The third kappa shape index (κ3) is 3.18. The molecule has 1 amide bonds. The van der Waals surface area contributed by atoms with Crippen LogP contribution < -0.4 is 16.6 Å². The second-order valence-electron chi connectivity index (χ2n) is 4.33. The van der Waals surface area contributed by atoms with E-state index in [0.29, 0.717) is 23.7 Å². The van der Waals surface area contributed by atoms with Crippen molar-refractivity contribution in [2.45, 2.75) is 12.8 Å². The molecule has 1 aliphatic heterocycles. The van der Waals surface area contributed by atoms with E-state index in [-0.39, 0.29) is 5.91 Å². The van der Waals surface area contributed by atoms with E-state index in [9.17, 15) is 4.79 Å². The maximum Gasteiger partial charge on any atom is 0.255 e. The molecule has 2 rings (SSSR count). The van der Waals surface area contributed by atoms with Crippen LogP contribution >= 0.6 is 0 Å². The molecule has 1 aliphatic rings. The summed E-state index contributed by atoms with van der Waals surface area (Å²) in [6, 6.07) is 1.67. The van der Waals surface area contributed by atoms with Gasteiger partial charge in [0.1, 0.15) is 0 Å². The van der Waals surface area contributed by atoms with E-state index in [4.69, 9.17) is 10.6 Å². The molecule has 4 N–H and O–H groups in total. The minimum atomic E-state index is -0.150. The number of hydrogen-bond donors (Lipinski definition) is 3. The van der Waals surface area contributed by atoms with Gasteiger partial charge in [0.05, 0.1) is 11.3 Å². The number of hydrazine groups is 1. The quantitative estimate of drug-likeness (QED) is 0.535. The lowest BCUT2D eigenvalue weighted by Gasteiger charge is -2.22. The number of amides is 1. The molecule has 18 heavy (non-hydrogen) atoms. The summed E-state index contributed by atoms with van der Waals surface area (Å²) in [7, 11) is 0. The minimum absolute atomic E-state index is 0.150. The zero-order valence-electron chi connectivity index (χ0n) is 10.2. The van der Waals surface area contributed by atoms with Gasteiger partial charge in [0.25, 0.3) is 5.91 Å². The fourth-order valence-corrected chi connectivity index (χ4v) is 1.98. The first-order chi connectivity index (χ1) is 8.81. The highest BCUT2D eigenvalue weighted by molar-refractivity contribution is 5.99. The van der Waals surface area contributed by atoms with Gasteiger partial charge in [-0.2, -0.15) is 0 Å². The van der Waals surface area contributed by atoms with Crippen LogP contribution in [0.3, 0.4) is 0 Å². The van der Waals surface area contributed by atoms with Crippen LogP contribution in [0.15, 0.2) is 18.5 Å². The molecule has 1 aromatic rings. The number of nitrogens with zero attached hydrogens (tertiary/aromatic N) is 1. The molecule has 0 aliphatic carbocycles. The van der Waals surface area contributed by atoms with Crippen LogP contribution in [-0.4, -0.2) is 30.6 Å². The van der Waals surface area contributed by atoms with Crippen LogP contribution in [0.5, 0.6) is 0 Å². The van der Waals surface area contributed by atoms with Gasteiger partial charge in [0, 0.05) is 32.2 Å². The highest BCUT2D eigenvalue weighted by Crippen LogP contribution is 2.15. The maximum atomic E-state index is 12.0. The fourth-order valence-electron chi connectivity index (χ4n) is 1.98. The smallest absolute Gasteiger partial charge is 0.255 e. The highest BCUT2D eigenvalue weighted by Gasteiger charge is 2.16. The van der Waals surface area contributed by atoms with E-state index in [1.54, 1.807) is 12.3 Å². The largest absolute Gasteiger partial charge is 0.381 e. The summed E-state index contributed by atoms with van der Waals surface area (Å²) in [6.45, 7) is 2.23. The fraction of sp³-hybridized carbons (Fsp3) is 0.500. The van der Waals surface area contributed by atoms with Crippen molar-refractivity contribution in [2.75, 3.05) is 25.2 Å². The van der Waals surface area contributed by atoms with E-state index in [2.05, 4.69) is 15.7 Å². The summed E-state index contributed by atoms with van der Waals surface area (Å²) in [6.07, 6.45) is 5.09. The molecule has 0 saturated carbocycles. The van der Waals surface area contributed by atoms with Crippen LogP contribution in [0.2, 0.25) is 0 Å². The monoisotopic (exact) mass is 250 g/mol. The van der Waals surface area contributed by atoms with Gasteiger partial charge < -0.3 is 15.5 Å². The Kier molecular flexibility index (Phi) is 4.49. The van der Waals surface area contributed by atoms with E-state index in [0.717, 1.165) is 26.1 Å². The van der Waals surface area contributed by atoms with Gasteiger partial charge in [-0.25, -0.2) is 0 Å². The summed E-state index contributed by atoms with van der Waals surface area (Å²) in [5, 5.41) is 2.91. The Morgan fingerprint density at radius 2 is 2.28 bits per heavy atom. The molecule has 0 aromatic carbocycles. The molecule has 0 atom stereocenters. The Hall–Kier alpha value is -1.66. The van der Waals surface area contributed by atoms with Gasteiger partial charge in [-0.15, -0.1) is 0 Å². The number of carbonyl (C=O) groups is 1. The summed E-state index contributed by atoms with van der Waals surface area (Å²) >= 11 is 0. The molecule has 0 unspecified atom stereocenters. The van der Waals surface area contributed by atoms with Crippen molar-refractivity contribution >= 4 is 11.6 Å². The topological polar surface area (TPSA) is 89.3 Å². The number of nitrogens with one attached hydrogen (secondary N) is 2. The number of anilines is 1. The lowest BCUT2D eigenvalue weighted by molar-refractivity contribution is 0.0643. The standard InChI is InChI=1S/C12H18N4O2/c13-16-11-1-4-14-8-10(11)12(17)15-7-9-2-5-18-6-3-9/h1,4,8-9H,2-3,5-7,13H2,(H,14,16)(H,15,17). The van der Waals surface area contributed by atoms with Crippen molar-refractivity contribution in [2.24, 2.45) is 11.8 Å². The average Bonchev–Trinajstić information content (AvgIpc) is 2.45. The molecule has 0 spiro atoms. The van der Waals surface area contributed by atoms with Gasteiger partial charge in [0.2, 0.25) is 0 Å². The normalized spacial score (nSPS) is 16.3. The zero-order valence-corrected chi connectivity index (χ0v) is 10.2. The molecular formula is C12H18N4O2. The van der Waals surface area contributed by atoms with E-state index in [1.807, 2.05) is 0 Å². The first-order valence-corrected chi connectivity index (χ1v) is 6.08. The second kappa shape index (κ2) is 6.32. The van der Waals surface area contributed by atoms with E-state index in [1.165, 1.54) is 6.20 Å². The summed E-state index contributed by atoms with van der Waals surface area (Å²) in [5.74, 6) is 5.70. The third-order valence-electron chi connectivity index (χ3n) is 3.11. The molecule has 1 saturated heterocycles. The Morgan fingerprint density at radius 1 is 1.50 bits per heavy atom. The average molecular weight is 250 g/mol. The van der Waals surface area contributed by atoms with Crippen LogP contribution in [0.4, 0.5) is 5.69 Å². The van der Waals surface area contributed by atoms with Crippen molar-refractivity contribution in [3.8, 4) is 0 Å². The Morgan fingerprint density at radius 3 is 3.00 bits per heavy atom. The molecule has 1 fully saturated rings. The molecule has 0 bridgehead atoms. The lowest BCUT2D eigenvalue weighted by atomic mass is 10.0. The molecule has 1 aromatic heterocycles. The third-order valence-corrected chi connectivity index (χ3v) is 3.11. The molecule has 2 heterocycles. The highest BCUT2D eigenvalue weighted by atomic mass is 16.5. The second-order valence-corrected chi connectivity index (χ2v) is 4.33. The lowest BCUT2D eigenvalue weighted by Crippen LogP contribution is -2.32. The predicted octanol–water partition coefficient (Wildman–Crippen LogP) is 0.524. The van der Waals surface area contributed by atoms with Crippen LogP contribution in [-0.2, 0) is 4.74 Å². The van der Waals surface area contributed by atoms with Gasteiger partial charge in [-0.3, -0.25) is 15.6 Å². The maximum absolute atomic E-state index is 12.0. The van der Waals surface area contributed by atoms with Crippen molar-refractivity contribution in [3.63, 3.8) is 0 Å². The molecule has 6 nitrogen and oxygen atoms in total. The Bertz CT molecular complexity index is 405. The summed E-state index contributed by atoms with van der Waals surface area (Å²) < 4.78 is 5.28. The van der Waals surface area contributed by atoms with Crippen molar-refractivity contribution in [1.29, 1.82) is 0 Å². The predicted molar refractivity (Wildman–Crippen MR) is 67.9 cm³/mol. The minimum Gasteiger partial charge on any atom is -0.381 e. The first-order valence-electron chi connectivity index (χ1n) is 6.08. The van der Waals surface area contributed by atoms with Crippen LogP contribution in [0.25, 0.3) is 0 Å². The molecule has 98 valence electrons. The van der Waals surface area contributed by atoms with Crippen LogP contribution in [0, 0.1) is 5.92 Å². The number of hydrogen-bond acceptors (Lipinski definition) is 5.